The maximum atomic E-state index is 14.2. The summed E-state index contributed by atoms with van der Waals surface area (Å²) in [6, 6.07) is 20.5. The molecule has 1 atom stereocenters. The van der Waals surface area contributed by atoms with E-state index in [1.807, 2.05) is 31.2 Å². The van der Waals surface area contributed by atoms with Crippen LogP contribution in [0, 0.1) is 12.7 Å². The number of carbonyl (C=O) groups is 1. The Balaban J connectivity index is 1.42. The van der Waals surface area contributed by atoms with Crippen molar-refractivity contribution in [2.75, 3.05) is 31.1 Å². The van der Waals surface area contributed by atoms with Gasteiger partial charge in [-0.3, -0.25) is 4.79 Å². The summed E-state index contributed by atoms with van der Waals surface area (Å²) in [5.41, 5.74) is 6.16. The Kier molecular flexibility index (Phi) is 7.29. The molecule has 1 aliphatic heterocycles. The van der Waals surface area contributed by atoms with Gasteiger partial charge in [-0.15, -0.1) is 0 Å². The van der Waals surface area contributed by atoms with E-state index in [1.54, 1.807) is 12.1 Å². The van der Waals surface area contributed by atoms with E-state index in [0.717, 1.165) is 48.6 Å². The van der Waals surface area contributed by atoms with E-state index in [2.05, 4.69) is 51.4 Å². The van der Waals surface area contributed by atoms with Gasteiger partial charge in [0.05, 0.1) is 6.04 Å². The molecule has 6 nitrogen and oxygen atoms in total. The van der Waals surface area contributed by atoms with Crippen LogP contribution in [0.5, 0.6) is 5.75 Å². The van der Waals surface area contributed by atoms with Gasteiger partial charge >= 0.3 is 0 Å². The second-order valence-electron chi connectivity index (χ2n) is 9.48. The van der Waals surface area contributed by atoms with Crippen molar-refractivity contribution in [1.82, 2.24) is 15.6 Å². The van der Waals surface area contributed by atoms with Gasteiger partial charge in [-0.2, -0.15) is 0 Å². The number of hydrogen-bond acceptors (Lipinski definition) is 4. The van der Waals surface area contributed by atoms with E-state index in [9.17, 15) is 14.3 Å². The number of amides is 1. The Labute approximate surface area is 221 Å². The number of aryl methyl sites for hydroxylation is 1. The number of phenolic OH excluding ortho intramolecular Hbond substituents is 1. The Morgan fingerprint density at radius 1 is 1.05 bits per heavy atom. The zero-order valence-corrected chi connectivity index (χ0v) is 21.3. The third kappa shape index (κ3) is 5.33. The summed E-state index contributed by atoms with van der Waals surface area (Å²) in [6.45, 7) is 9.62. The van der Waals surface area contributed by atoms with Crippen molar-refractivity contribution in [2.24, 2.45) is 0 Å². The highest BCUT2D eigenvalue weighted by Gasteiger charge is 2.24. The summed E-state index contributed by atoms with van der Waals surface area (Å²) in [6.07, 6.45) is 1.70. The minimum atomic E-state index is -0.799. The lowest BCUT2D eigenvalue weighted by atomic mass is 10.00. The van der Waals surface area contributed by atoms with Gasteiger partial charge in [0.1, 0.15) is 11.6 Å². The molecule has 2 heterocycles. The van der Waals surface area contributed by atoms with Gasteiger partial charge in [0.25, 0.3) is 5.91 Å². The molecule has 38 heavy (non-hydrogen) atoms. The molecule has 1 amide bonds. The molecule has 4 aromatic rings. The van der Waals surface area contributed by atoms with E-state index in [-0.39, 0.29) is 17.2 Å². The van der Waals surface area contributed by atoms with Crippen LogP contribution < -0.4 is 15.5 Å². The highest BCUT2D eigenvalue weighted by Crippen LogP contribution is 2.32. The SMILES string of the molecule is C=Cc1cc([C@H](NC(=O)c2cccc(-c3ccc(N4CCNCC4)cc3)c2)c2cc(F)ccc2O)[nH]c1C. The minimum absolute atomic E-state index is 0.109. The van der Waals surface area contributed by atoms with Crippen molar-refractivity contribution in [3.05, 3.63) is 113 Å². The molecule has 0 radical (unpaired) electrons. The summed E-state index contributed by atoms with van der Waals surface area (Å²) in [7, 11) is 0. The number of piperazine rings is 1. The molecule has 1 aliphatic rings. The maximum Gasteiger partial charge on any atom is 0.252 e. The van der Waals surface area contributed by atoms with E-state index in [4.69, 9.17) is 0 Å². The summed E-state index contributed by atoms with van der Waals surface area (Å²) >= 11 is 0. The fourth-order valence-corrected chi connectivity index (χ4v) is 4.89. The Morgan fingerprint density at radius 3 is 2.53 bits per heavy atom. The van der Waals surface area contributed by atoms with Gasteiger partial charge in [0, 0.05) is 54.4 Å². The van der Waals surface area contributed by atoms with Crippen LogP contribution in [0.2, 0.25) is 0 Å². The number of carbonyl (C=O) groups excluding carboxylic acids is 1. The largest absolute Gasteiger partial charge is 0.508 e. The van der Waals surface area contributed by atoms with Gasteiger partial charge in [-0.05, 0) is 72.1 Å². The van der Waals surface area contributed by atoms with Crippen molar-refractivity contribution in [2.45, 2.75) is 13.0 Å². The summed E-state index contributed by atoms with van der Waals surface area (Å²) < 4.78 is 14.2. The van der Waals surface area contributed by atoms with E-state index < -0.39 is 11.9 Å². The number of phenols is 1. The predicted molar refractivity (Wildman–Crippen MR) is 150 cm³/mol. The molecule has 3 aromatic carbocycles. The van der Waals surface area contributed by atoms with Crippen molar-refractivity contribution in [3.8, 4) is 16.9 Å². The average Bonchev–Trinajstić information content (AvgIpc) is 3.34. The number of nitrogens with one attached hydrogen (secondary N) is 3. The topological polar surface area (TPSA) is 80.4 Å². The number of rotatable bonds is 7. The normalized spacial score (nSPS) is 14.2. The molecule has 0 unspecified atom stereocenters. The van der Waals surface area contributed by atoms with Crippen molar-refractivity contribution >= 4 is 17.7 Å². The van der Waals surface area contributed by atoms with Crippen molar-refractivity contribution in [1.29, 1.82) is 0 Å². The quantitative estimate of drug-likeness (QED) is 0.268. The molecule has 1 fully saturated rings. The number of aromatic hydroxyl groups is 1. The predicted octanol–water partition coefficient (Wildman–Crippen LogP) is 5.41. The third-order valence-electron chi connectivity index (χ3n) is 6.99. The summed E-state index contributed by atoms with van der Waals surface area (Å²) in [5.74, 6) is -0.955. The number of nitrogens with zero attached hydrogens (tertiary/aromatic N) is 1. The molecule has 0 bridgehead atoms. The van der Waals surface area contributed by atoms with Crippen LogP contribution in [-0.4, -0.2) is 42.2 Å². The Morgan fingerprint density at radius 2 is 1.82 bits per heavy atom. The van der Waals surface area contributed by atoms with Crippen LogP contribution in [0.4, 0.5) is 10.1 Å². The number of aromatic nitrogens is 1. The smallest absolute Gasteiger partial charge is 0.252 e. The first kappa shape index (κ1) is 25.3. The molecule has 0 aliphatic carbocycles. The van der Waals surface area contributed by atoms with E-state index >= 15 is 0 Å². The number of benzene rings is 3. The van der Waals surface area contributed by atoms with Crippen LogP contribution in [0.25, 0.3) is 17.2 Å². The second-order valence-corrected chi connectivity index (χ2v) is 9.48. The first-order valence-corrected chi connectivity index (χ1v) is 12.7. The molecule has 5 rings (SSSR count). The standard InChI is InChI=1S/C31H31FN4O2/c1-3-21-18-28(34-20(21)2)30(27-19-25(32)9-12-29(27)37)35-31(38)24-6-4-5-23(17-24)22-7-10-26(11-8-22)36-15-13-33-14-16-36/h3-12,17-19,30,33-34,37H,1,13-16H2,2H3,(H,35,38)/t30-/m1/s1. The number of hydrogen-bond donors (Lipinski definition) is 4. The molecule has 1 aromatic heterocycles. The van der Waals surface area contributed by atoms with Gasteiger partial charge in [0.15, 0.2) is 0 Å². The zero-order valence-electron chi connectivity index (χ0n) is 21.3. The van der Waals surface area contributed by atoms with Crippen LogP contribution in [0.15, 0.2) is 79.4 Å². The monoisotopic (exact) mass is 510 g/mol. The lowest BCUT2D eigenvalue weighted by Gasteiger charge is -2.29. The van der Waals surface area contributed by atoms with Crippen LogP contribution in [0.1, 0.15) is 38.9 Å². The van der Waals surface area contributed by atoms with Gasteiger partial charge in [-0.1, -0.05) is 36.9 Å². The summed E-state index contributed by atoms with van der Waals surface area (Å²) in [4.78, 5) is 19.1. The van der Waals surface area contributed by atoms with Crippen LogP contribution in [-0.2, 0) is 0 Å². The molecule has 7 heteroatoms. The summed E-state index contributed by atoms with van der Waals surface area (Å²) in [5, 5.41) is 16.9. The lowest BCUT2D eigenvalue weighted by molar-refractivity contribution is 0.0942. The lowest BCUT2D eigenvalue weighted by Crippen LogP contribution is -2.43. The number of anilines is 1. The molecule has 0 saturated carbocycles. The first-order chi connectivity index (χ1) is 18.4. The van der Waals surface area contributed by atoms with Crippen LogP contribution in [0.3, 0.4) is 0 Å². The molecule has 4 N–H and O–H groups in total. The van der Waals surface area contributed by atoms with Crippen LogP contribution >= 0.6 is 0 Å². The molecule has 1 saturated heterocycles. The number of halogens is 1. The van der Waals surface area contributed by atoms with Gasteiger partial charge in [0.2, 0.25) is 0 Å². The Hall–Kier alpha value is -4.36. The average molecular weight is 511 g/mol. The zero-order chi connectivity index (χ0) is 26.6. The molecule has 194 valence electrons. The molecule has 0 spiro atoms. The highest BCUT2D eigenvalue weighted by atomic mass is 19.1. The number of aromatic amines is 1. The van der Waals surface area contributed by atoms with Crippen molar-refractivity contribution in [3.63, 3.8) is 0 Å². The van der Waals surface area contributed by atoms with E-state index in [1.165, 1.54) is 23.9 Å². The highest BCUT2D eigenvalue weighted by molar-refractivity contribution is 5.96. The molecular weight excluding hydrogens is 479 g/mol. The van der Waals surface area contributed by atoms with Gasteiger partial charge in [-0.25, -0.2) is 4.39 Å². The third-order valence-corrected chi connectivity index (χ3v) is 6.99. The molecular formula is C31H31FN4O2. The van der Waals surface area contributed by atoms with Crippen molar-refractivity contribution < 1.29 is 14.3 Å². The second kappa shape index (κ2) is 10.9. The number of H-pyrrole nitrogens is 1. The Bertz CT molecular complexity index is 1460. The fraction of sp³-hybridized carbons (Fsp3) is 0.194. The first-order valence-electron chi connectivity index (χ1n) is 12.7. The maximum absolute atomic E-state index is 14.2. The minimum Gasteiger partial charge on any atom is -0.508 e. The van der Waals surface area contributed by atoms with E-state index in [0.29, 0.717) is 11.3 Å². The fourth-order valence-electron chi connectivity index (χ4n) is 4.89. The van der Waals surface area contributed by atoms with Gasteiger partial charge < -0.3 is 25.6 Å².